The van der Waals surface area contributed by atoms with E-state index in [0.29, 0.717) is 17.2 Å². The van der Waals surface area contributed by atoms with Gasteiger partial charge in [-0.15, -0.1) is 0 Å². The van der Waals surface area contributed by atoms with E-state index in [1.165, 1.54) is 0 Å². The number of imide groups is 1. The number of piperidine rings is 1. The molecule has 0 aromatic heterocycles. The van der Waals surface area contributed by atoms with E-state index in [0.717, 1.165) is 5.56 Å². The highest BCUT2D eigenvalue weighted by Crippen LogP contribution is 2.20. The smallest absolute Gasteiger partial charge is 0.258 e. The van der Waals surface area contributed by atoms with Crippen LogP contribution < -0.4 is 15.4 Å². The normalized spacial score (nSPS) is 18.1. The molecule has 1 heterocycles. The van der Waals surface area contributed by atoms with Crippen molar-refractivity contribution in [3.8, 4) is 5.75 Å². The second-order valence-corrected chi connectivity index (χ2v) is 5.18. The molecule has 1 saturated heterocycles. The number of amides is 3. The highest BCUT2D eigenvalue weighted by Gasteiger charge is 2.27. The Hall–Kier alpha value is -2.08. The van der Waals surface area contributed by atoms with Crippen LogP contribution >= 0.6 is 11.6 Å². The molecule has 112 valence electrons. The van der Waals surface area contributed by atoms with Crippen molar-refractivity contribution in [1.82, 2.24) is 10.6 Å². The van der Waals surface area contributed by atoms with Crippen molar-refractivity contribution in [2.45, 2.75) is 25.8 Å². The quantitative estimate of drug-likeness (QED) is 0.811. The first-order valence-corrected chi connectivity index (χ1v) is 6.85. The summed E-state index contributed by atoms with van der Waals surface area (Å²) in [5, 5.41) is 5.33. The van der Waals surface area contributed by atoms with Crippen molar-refractivity contribution in [1.29, 1.82) is 0 Å². The van der Waals surface area contributed by atoms with Crippen LogP contribution in [-0.2, 0) is 14.4 Å². The van der Waals surface area contributed by atoms with Gasteiger partial charge in [-0.2, -0.15) is 0 Å². The maximum atomic E-state index is 11.7. The topological polar surface area (TPSA) is 84.5 Å². The molecule has 7 heteroatoms. The van der Waals surface area contributed by atoms with Crippen molar-refractivity contribution in [3.63, 3.8) is 0 Å². The number of rotatable bonds is 4. The zero-order valence-corrected chi connectivity index (χ0v) is 12.2. The Morgan fingerprint density at radius 2 is 2.24 bits per heavy atom. The Bertz CT molecular complexity index is 588. The summed E-state index contributed by atoms with van der Waals surface area (Å²) in [6.45, 7) is 1.62. The molecule has 1 atom stereocenters. The fraction of sp³-hybridized carbons (Fsp3) is 0.357. The average molecular weight is 311 g/mol. The lowest BCUT2D eigenvalue weighted by Crippen LogP contribution is -2.53. The SMILES string of the molecule is Cc1cc(OCC(=O)NC2CCC(=O)NC2=O)ccc1Cl. The van der Waals surface area contributed by atoms with E-state index in [9.17, 15) is 14.4 Å². The molecule has 0 saturated carbocycles. The number of aryl methyl sites for hydroxylation is 1. The van der Waals surface area contributed by atoms with Gasteiger partial charge in [0.15, 0.2) is 6.61 Å². The van der Waals surface area contributed by atoms with Gasteiger partial charge in [-0.25, -0.2) is 0 Å². The van der Waals surface area contributed by atoms with E-state index in [2.05, 4.69) is 10.6 Å². The van der Waals surface area contributed by atoms with Gasteiger partial charge in [-0.05, 0) is 37.1 Å². The zero-order chi connectivity index (χ0) is 15.4. The Balaban J connectivity index is 1.83. The maximum Gasteiger partial charge on any atom is 0.258 e. The van der Waals surface area contributed by atoms with E-state index in [4.69, 9.17) is 16.3 Å². The molecule has 6 nitrogen and oxygen atoms in total. The molecule has 0 bridgehead atoms. The molecule has 3 amide bonds. The number of halogens is 1. The highest BCUT2D eigenvalue weighted by molar-refractivity contribution is 6.31. The van der Waals surface area contributed by atoms with Crippen molar-refractivity contribution in [2.24, 2.45) is 0 Å². The van der Waals surface area contributed by atoms with Crippen LogP contribution in [0.4, 0.5) is 0 Å². The average Bonchev–Trinajstić information content (AvgIpc) is 2.43. The summed E-state index contributed by atoms with van der Waals surface area (Å²) in [5.74, 6) is -0.701. The Labute approximate surface area is 126 Å². The van der Waals surface area contributed by atoms with Gasteiger partial charge in [-0.3, -0.25) is 19.7 Å². The summed E-state index contributed by atoms with van der Waals surface area (Å²) in [6, 6.07) is 4.38. The van der Waals surface area contributed by atoms with Gasteiger partial charge in [0, 0.05) is 11.4 Å². The van der Waals surface area contributed by atoms with Crippen molar-refractivity contribution >= 4 is 29.3 Å². The van der Waals surface area contributed by atoms with Crippen LogP contribution in [0.15, 0.2) is 18.2 Å². The van der Waals surface area contributed by atoms with Gasteiger partial charge in [-0.1, -0.05) is 11.6 Å². The van der Waals surface area contributed by atoms with Gasteiger partial charge in [0.2, 0.25) is 11.8 Å². The van der Waals surface area contributed by atoms with Crippen LogP contribution in [-0.4, -0.2) is 30.4 Å². The van der Waals surface area contributed by atoms with E-state index in [1.807, 2.05) is 6.92 Å². The minimum absolute atomic E-state index is 0.210. The molecular formula is C14H15ClN2O4. The van der Waals surface area contributed by atoms with Gasteiger partial charge < -0.3 is 10.1 Å². The fourth-order valence-electron chi connectivity index (χ4n) is 1.92. The Morgan fingerprint density at radius 3 is 2.90 bits per heavy atom. The highest BCUT2D eigenvalue weighted by atomic mass is 35.5. The molecule has 0 spiro atoms. The largest absolute Gasteiger partial charge is 0.484 e. The predicted octanol–water partition coefficient (Wildman–Crippen LogP) is 0.949. The summed E-state index contributed by atoms with van der Waals surface area (Å²) in [7, 11) is 0. The standard InChI is InChI=1S/C14H15ClN2O4/c1-8-6-9(2-3-10(8)15)21-7-13(19)16-11-4-5-12(18)17-14(11)20/h2-3,6,11H,4-5,7H2,1H3,(H,16,19)(H,17,18,20). The molecule has 1 aliphatic rings. The lowest BCUT2D eigenvalue weighted by Gasteiger charge is -2.21. The van der Waals surface area contributed by atoms with Crippen LogP contribution in [0.25, 0.3) is 0 Å². The first-order valence-electron chi connectivity index (χ1n) is 6.47. The lowest BCUT2D eigenvalue weighted by molar-refractivity contribution is -0.137. The number of ether oxygens (including phenoxy) is 1. The number of benzene rings is 1. The van der Waals surface area contributed by atoms with E-state index in [-0.39, 0.29) is 18.9 Å². The van der Waals surface area contributed by atoms with Crippen molar-refractivity contribution < 1.29 is 19.1 Å². The molecular weight excluding hydrogens is 296 g/mol. The van der Waals surface area contributed by atoms with E-state index >= 15 is 0 Å². The van der Waals surface area contributed by atoms with Gasteiger partial charge in [0.25, 0.3) is 5.91 Å². The fourth-order valence-corrected chi connectivity index (χ4v) is 2.04. The summed E-state index contributed by atoms with van der Waals surface area (Å²) in [6.07, 6.45) is 0.518. The van der Waals surface area contributed by atoms with Crippen LogP contribution in [0.3, 0.4) is 0 Å². The summed E-state index contributed by atoms with van der Waals surface area (Å²) >= 11 is 5.89. The van der Waals surface area contributed by atoms with Crippen LogP contribution in [0.1, 0.15) is 18.4 Å². The predicted molar refractivity (Wildman–Crippen MR) is 76.0 cm³/mol. The molecule has 1 aromatic rings. The lowest BCUT2D eigenvalue weighted by atomic mass is 10.1. The summed E-state index contributed by atoms with van der Waals surface area (Å²) in [4.78, 5) is 34.2. The molecule has 1 fully saturated rings. The number of hydrogen-bond donors (Lipinski definition) is 2. The van der Waals surface area contributed by atoms with Crippen LogP contribution in [0, 0.1) is 6.92 Å². The van der Waals surface area contributed by atoms with Crippen LogP contribution in [0.2, 0.25) is 5.02 Å². The monoisotopic (exact) mass is 310 g/mol. The zero-order valence-electron chi connectivity index (χ0n) is 11.4. The van der Waals surface area contributed by atoms with Gasteiger partial charge in [0.05, 0.1) is 0 Å². The molecule has 1 aromatic carbocycles. The molecule has 21 heavy (non-hydrogen) atoms. The Kier molecular flexibility index (Phi) is 4.80. The molecule has 0 radical (unpaired) electrons. The first-order chi connectivity index (χ1) is 9.95. The first kappa shape index (κ1) is 15.3. The number of carbonyl (C=O) groups excluding carboxylic acids is 3. The maximum absolute atomic E-state index is 11.7. The minimum Gasteiger partial charge on any atom is -0.484 e. The Morgan fingerprint density at radius 1 is 1.48 bits per heavy atom. The molecule has 2 rings (SSSR count). The summed E-state index contributed by atoms with van der Waals surface area (Å²) in [5.41, 5.74) is 0.847. The molecule has 1 aliphatic heterocycles. The van der Waals surface area contributed by atoms with Gasteiger partial charge in [0.1, 0.15) is 11.8 Å². The third-order valence-electron chi connectivity index (χ3n) is 3.07. The second-order valence-electron chi connectivity index (χ2n) is 4.77. The van der Waals surface area contributed by atoms with Crippen molar-refractivity contribution in [3.05, 3.63) is 28.8 Å². The van der Waals surface area contributed by atoms with Crippen LogP contribution in [0.5, 0.6) is 5.75 Å². The third kappa shape index (κ3) is 4.19. The van der Waals surface area contributed by atoms with E-state index in [1.54, 1.807) is 18.2 Å². The molecule has 0 aliphatic carbocycles. The van der Waals surface area contributed by atoms with Gasteiger partial charge >= 0.3 is 0 Å². The third-order valence-corrected chi connectivity index (χ3v) is 3.50. The minimum atomic E-state index is -0.689. The second kappa shape index (κ2) is 6.58. The number of carbonyl (C=O) groups is 3. The number of hydrogen-bond acceptors (Lipinski definition) is 4. The van der Waals surface area contributed by atoms with E-state index < -0.39 is 17.9 Å². The number of nitrogens with one attached hydrogen (secondary N) is 2. The molecule has 1 unspecified atom stereocenters. The van der Waals surface area contributed by atoms with Crippen molar-refractivity contribution in [2.75, 3.05) is 6.61 Å². The molecule has 2 N–H and O–H groups in total. The summed E-state index contributed by atoms with van der Waals surface area (Å²) < 4.78 is 5.33.